The molecule has 0 bridgehead atoms. The lowest BCUT2D eigenvalue weighted by Gasteiger charge is -2.02. The summed E-state index contributed by atoms with van der Waals surface area (Å²) in [5.74, 6) is -0.114. The summed E-state index contributed by atoms with van der Waals surface area (Å²) in [5, 5.41) is 0. The number of allylic oxidation sites excluding steroid dienone is 3. The minimum absolute atomic E-state index is 0.275. The van der Waals surface area contributed by atoms with Crippen molar-refractivity contribution >= 4 is 29.3 Å². The molecule has 0 aromatic carbocycles. The first kappa shape index (κ1) is 17.1. The average Bonchev–Trinajstić information content (AvgIpc) is 2.86. The van der Waals surface area contributed by atoms with Crippen LogP contribution in [0.3, 0.4) is 0 Å². The number of carbonyl (C=O) groups is 1. The number of aryl methyl sites for hydroxylation is 2. The second kappa shape index (κ2) is 6.90. The molecule has 2 heterocycles. The number of hydrogen-bond acceptors (Lipinski definition) is 6. The zero-order chi connectivity index (χ0) is 17.9. The molecular formula is C15H17N5O4. The van der Waals surface area contributed by atoms with Crippen LogP contribution in [0.2, 0.25) is 0 Å². The Hall–Kier alpha value is -3.23. The van der Waals surface area contributed by atoms with Crippen molar-refractivity contribution in [1.29, 1.82) is 0 Å². The fraction of sp³-hybridized carbons (Fsp3) is 0.267. The zero-order valence-electron chi connectivity index (χ0n) is 13.8. The Balaban J connectivity index is 2.33. The Labute approximate surface area is 136 Å². The molecule has 0 aliphatic rings. The van der Waals surface area contributed by atoms with Crippen LogP contribution in [0.5, 0.6) is 0 Å². The summed E-state index contributed by atoms with van der Waals surface area (Å²) in [6.45, 7) is 1.30. The van der Waals surface area contributed by atoms with Gasteiger partial charge in [-0.1, -0.05) is 6.08 Å². The minimum atomic E-state index is -0.448. The normalized spacial score (nSPS) is 12.2. The standard InChI is InChI=1S/C15H17N5O4/c1-10(21)24-9-7-5-6-8-16-14-17-12-11(18(14)2)13(22)20(4)15(23)19(12)3/h5-9H,1-4H3/b6-5-,9-7-,16-8?. The highest BCUT2D eigenvalue weighted by atomic mass is 16.5. The van der Waals surface area contributed by atoms with E-state index in [-0.39, 0.29) is 11.6 Å². The number of nitrogens with zero attached hydrogens (tertiary/aromatic N) is 5. The van der Waals surface area contributed by atoms with Gasteiger partial charge in [-0.3, -0.25) is 18.7 Å². The molecule has 126 valence electrons. The Morgan fingerprint density at radius 2 is 1.79 bits per heavy atom. The van der Waals surface area contributed by atoms with Crippen LogP contribution < -0.4 is 11.2 Å². The third-order valence-corrected chi connectivity index (χ3v) is 3.26. The van der Waals surface area contributed by atoms with Gasteiger partial charge >= 0.3 is 11.7 Å². The highest BCUT2D eigenvalue weighted by molar-refractivity contribution is 5.77. The lowest BCUT2D eigenvalue weighted by Crippen LogP contribution is -2.37. The van der Waals surface area contributed by atoms with Gasteiger partial charge < -0.3 is 9.30 Å². The highest BCUT2D eigenvalue weighted by Crippen LogP contribution is 2.15. The smallest absolute Gasteiger partial charge is 0.332 e. The van der Waals surface area contributed by atoms with Gasteiger partial charge in [-0.15, -0.1) is 0 Å². The molecule has 2 aromatic rings. The summed E-state index contributed by atoms with van der Waals surface area (Å²) < 4.78 is 8.46. The van der Waals surface area contributed by atoms with E-state index >= 15 is 0 Å². The molecule has 0 amide bonds. The minimum Gasteiger partial charge on any atom is -0.435 e. The SMILES string of the molecule is CC(=O)O/C=C\C=C/C=Nc1nc2c(c(=O)n(C)c(=O)n2C)n1C. The van der Waals surface area contributed by atoms with Crippen LogP contribution in [-0.2, 0) is 30.7 Å². The van der Waals surface area contributed by atoms with Gasteiger partial charge in [-0.25, -0.2) is 9.79 Å². The van der Waals surface area contributed by atoms with Gasteiger partial charge in [-0.05, 0) is 12.2 Å². The van der Waals surface area contributed by atoms with Crippen molar-refractivity contribution in [3.05, 3.63) is 45.3 Å². The fourth-order valence-electron chi connectivity index (χ4n) is 2.03. The first-order chi connectivity index (χ1) is 11.3. The molecule has 9 heteroatoms. The highest BCUT2D eigenvalue weighted by Gasteiger charge is 2.15. The van der Waals surface area contributed by atoms with Gasteiger partial charge in [0, 0.05) is 34.3 Å². The molecule has 0 spiro atoms. The van der Waals surface area contributed by atoms with E-state index < -0.39 is 17.2 Å². The lowest BCUT2D eigenvalue weighted by atomic mass is 10.5. The van der Waals surface area contributed by atoms with Crippen molar-refractivity contribution in [2.75, 3.05) is 0 Å². The van der Waals surface area contributed by atoms with Crippen LogP contribution in [0.1, 0.15) is 6.92 Å². The van der Waals surface area contributed by atoms with Gasteiger partial charge in [-0.2, -0.15) is 4.98 Å². The van der Waals surface area contributed by atoms with Crippen LogP contribution in [0.25, 0.3) is 11.2 Å². The molecule has 0 saturated carbocycles. The Morgan fingerprint density at radius 1 is 1.08 bits per heavy atom. The van der Waals surface area contributed by atoms with Crippen molar-refractivity contribution < 1.29 is 9.53 Å². The molecule has 0 aliphatic carbocycles. The number of aliphatic imine (C=N–C) groups is 1. The van der Waals surface area contributed by atoms with Gasteiger partial charge in [0.2, 0.25) is 5.95 Å². The quantitative estimate of drug-likeness (QED) is 0.347. The molecule has 24 heavy (non-hydrogen) atoms. The molecule has 0 radical (unpaired) electrons. The van der Waals surface area contributed by atoms with Gasteiger partial charge in [0.1, 0.15) is 0 Å². The van der Waals surface area contributed by atoms with E-state index in [1.807, 2.05) is 0 Å². The van der Waals surface area contributed by atoms with Crippen molar-refractivity contribution in [1.82, 2.24) is 18.7 Å². The second-order valence-electron chi connectivity index (χ2n) is 4.95. The van der Waals surface area contributed by atoms with E-state index in [1.54, 1.807) is 26.2 Å². The van der Waals surface area contributed by atoms with Gasteiger partial charge in [0.15, 0.2) is 11.2 Å². The van der Waals surface area contributed by atoms with E-state index in [1.165, 1.54) is 41.7 Å². The Morgan fingerprint density at radius 3 is 2.46 bits per heavy atom. The first-order valence-corrected chi connectivity index (χ1v) is 7.00. The van der Waals surface area contributed by atoms with E-state index in [2.05, 4.69) is 14.7 Å². The number of imidazole rings is 1. The maximum absolute atomic E-state index is 12.2. The van der Waals surface area contributed by atoms with E-state index in [4.69, 9.17) is 0 Å². The average molecular weight is 331 g/mol. The van der Waals surface area contributed by atoms with E-state index in [9.17, 15) is 14.4 Å². The van der Waals surface area contributed by atoms with Crippen LogP contribution in [0, 0.1) is 0 Å². The van der Waals surface area contributed by atoms with Crippen molar-refractivity contribution in [3.8, 4) is 0 Å². The molecule has 0 N–H and O–H groups in total. The third-order valence-electron chi connectivity index (χ3n) is 3.26. The van der Waals surface area contributed by atoms with Crippen LogP contribution in [0.15, 0.2) is 39.1 Å². The number of rotatable bonds is 4. The fourth-order valence-corrected chi connectivity index (χ4v) is 2.03. The number of aromatic nitrogens is 4. The maximum atomic E-state index is 12.2. The molecule has 0 atom stereocenters. The second-order valence-corrected chi connectivity index (χ2v) is 4.95. The summed E-state index contributed by atoms with van der Waals surface area (Å²) in [6.07, 6.45) is 7.48. The summed E-state index contributed by atoms with van der Waals surface area (Å²) in [7, 11) is 4.61. The molecule has 0 aliphatic heterocycles. The van der Waals surface area contributed by atoms with Gasteiger partial charge in [0.25, 0.3) is 5.56 Å². The molecule has 0 fully saturated rings. The zero-order valence-corrected chi connectivity index (χ0v) is 13.8. The largest absolute Gasteiger partial charge is 0.435 e. The predicted octanol–water partition coefficient (Wildman–Crippen LogP) is 0.306. The summed E-state index contributed by atoms with van der Waals surface area (Å²) in [5.41, 5.74) is -0.303. The third kappa shape index (κ3) is 3.24. The molecule has 2 rings (SSSR count). The number of carbonyl (C=O) groups excluding carboxylic acids is 1. The topological polar surface area (TPSA) is 100 Å². The summed E-state index contributed by atoms with van der Waals surface area (Å²) >= 11 is 0. The van der Waals surface area contributed by atoms with E-state index in [0.717, 1.165) is 4.57 Å². The lowest BCUT2D eigenvalue weighted by molar-refractivity contribution is -0.135. The van der Waals surface area contributed by atoms with Crippen molar-refractivity contribution in [2.24, 2.45) is 26.1 Å². The Kier molecular flexibility index (Phi) is 4.93. The predicted molar refractivity (Wildman–Crippen MR) is 89.4 cm³/mol. The van der Waals surface area contributed by atoms with Crippen molar-refractivity contribution in [2.45, 2.75) is 6.92 Å². The number of ether oxygens (including phenoxy) is 1. The van der Waals surface area contributed by atoms with Crippen LogP contribution in [0.4, 0.5) is 5.95 Å². The maximum Gasteiger partial charge on any atom is 0.332 e. The Bertz CT molecular complexity index is 988. The first-order valence-electron chi connectivity index (χ1n) is 7.00. The molecule has 9 nitrogen and oxygen atoms in total. The molecular weight excluding hydrogens is 314 g/mol. The van der Waals surface area contributed by atoms with E-state index in [0.29, 0.717) is 5.52 Å². The number of hydrogen-bond donors (Lipinski definition) is 0. The monoisotopic (exact) mass is 331 g/mol. The van der Waals surface area contributed by atoms with Crippen LogP contribution in [-0.4, -0.2) is 30.9 Å². The number of esters is 1. The molecule has 0 unspecified atom stereocenters. The summed E-state index contributed by atoms with van der Waals surface area (Å²) in [4.78, 5) is 43.1. The van der Waals surface area contributed by atoms with Gasteiger partial charge in [0.05, 0.1) is 6.26 Å². The number of fused-ring (bicyclic) bond motifs is 1. The molecule has 0 saturated heterocycles. The molecule has 2 aromatic heterocycles. The van der Waals surface area contributed by atoms with Crippen molar-refractivity contribution in [3.63, 3.8) is 0 Å². The van der Waals surface area contributed by atoms with Crippen LogP contribution >= 0.6 is 0 Å². The summed E-state index contributed by atoms with van der Waals surface area (Å²) in [6, 6.07) is 0.